The Balaban J connectivity index is 1.38. The normalized spacial score (nSPS) is 28.3. The molecule has 3 N–H and O–H groups in total. The van der Waals surface area contributed by atoms with Gasteiger partial charge < -0.3 is 34.6 Å². The molecule has 3 fully saturated rings. The zero-order valence-electron chi connectivity index (χ0n) is 35.0. The molecule has 20 heteroatoms. The molecular weight excluding hydrogens is 812 g/mol. The van der Waals surface area contributed by atoms with Crippen LogP contribution in [0.2, 0.25) is 0 Å². The maximum absolute atomic E-state index is 14.8. The molecule has 60 heavy (non-hydrogen) atoms. The summed E-state index contributed by atoms with van der Waals surface area (Å²) in [6.07, 6.45) is -1.49. The van der Waals surface area contributed by atoms with Crippen molar-refractivity contribution >= 4 is 50.7 Å². The number of benzene rings is 1. The number of anilines is 1. The zero-order valence-corrected chi connectivity index (χ0v) is 35.8. The Morgan fingerprint density at radius 3 is 2.42 bits per heavy atom. The SMILES string of the molecule is COc1ccc2c(O[C@@H]3C[C@H]4C(=O)N[C@]5(C(=O)NS(=O)(=O)C6(C)CC6)C[C@H]5C=CCC[C@H](C)C[C@@H](C)[C@H](NC(=O)OC(C)(C)C(F)(F)F)C(=O)N4C3)nc(N(C)C)nc2c1. The fourth-order valence-electron chi connectivity index (χ4n) is 7.69. The van der Waals surface area contributed by atoms with Crippen LogP contribution in [-0.2, 0) is 29.1 Å². The largest absolute Gasteiger partial charge is 0.497 e. The first-order valence-electron chi connectivity index (χ1n) is 20.0. The summed E-state index contributed by atoms with van der Waals surface area (Å²) in [5, 5.41) is 5.68. The van der Waals surface area contributed by atoms with Crippen molar-refractivity contribution in [2.75, 3.05) is 32.6 Å². The average molecular weight is 866 g/mol. The molecule has 1 aromatic heterocycles. The minimum Gasteiger partial charge on any atom is -0.497 e. The van der Waals surface area contributed by atoms with Gasteiger partial charge in [0.1, 0.15) is 29.5 Å². The lowest BCUT2D eigenvalue weighted by Crippen LogP contribution is -2.59. The second-order valence-corrected chi connectivity index (χ2v) is 19.8. The average Bonchev–Trinajstić information content (AvgIpc) is 4.04. The summed E-state index contributed by atoms with van der Waals surface area (Å²) in [5.41, 5.74) is -4.08. The minimum atomic E-state index is -4.92. The van der Waals surface area contributed by atoms with Gasteiger partial charge >= 0.3 is 12.3 Å². The van der Waals surface area contributed by atoms with Crippen molar-refractivity contribution in [2.24, 2.45) is 17.8 Å². The number of rotatable bonds is 9. The number of fused-ring (bicyclic) bond motifs is 3. The molecule has 4 amide bonds. The Morgan fingerprint density at radius 1 is 1.08 bits per heavy atom. The molecule has 16 nitrogen and oxygen atoms in total. The summed E-state index contributed by atoms with van der Waals surface area (Å²) in [6.45, 7) is 6.29. The molecule has 2 aliphatic heterocycles. The third-order valence-electron chi connectivity index (χ3n) is 12.1. The van der Waals surface area contributed by atoms with Crippen molar-refractivity contribution in [3.05, 3.63) is 30.4 Å². The second-order valence-electron chi connectivity index (χ2n) is 17.6. The van der Waals surface area contributed by atoms with Gasteiger partial charge in [0.2, 0.25) is 39.3 Å². The van der Waals surface area contributed by atoms with Crippen molar-refractivity contribution in [1.82, 2.24) is 30.2 Å². The molecule has 7 atom stereocenters. The Hall–Kier alpha value is -4.88. The highest BCUT2D eigenvalue weighted by Gasteiger charge is 2.63. The lowest BCUT2D eigenvalue weighted by Gasteiger charge is -2.34. The highest BCUT2D eigenvalue weighted by molar-refractivity contribution is 7.91. The van der Waals surface area contributed by atoms with E-state index >= 15 is 0 Å². The Morgan fingerprint density at radius 2 is 1.78 bits per heavy atom. The zero-order chi connectivity index (χ0) is 44.2. The number of hydrogen-bond donors (Lipinski definition) is 3. The van der Waals surface area contributed by atoms with Crippen molar-refractivity contribution in [2.45, 2.75) is 120 Å². The maximum atomic E-state index is 14.8. The smallest absolute Gasteiger partial charge is 0.427 e. The number of aromatic nitrogens is 2. The van der Waals surface area contributed by atoms with E-state index in [-0.39, 0.29) is 37.1 Å². The van der Waals surface area contributed by atoms with Crippen LogP contribution in [-0.4, -0.2) is 115 Å². The van der Waals surface area contributed by atoms with Gasteiger partial charge in [0.15, 0.2) is 0 Å². The van der Waals surface area contributed by atoms with E-state index < -0.39 is 85.9 Å². The van der Waals surface area contributed by atoms with Gasteiger partial charge in [-0.2, -0.15) is 18.2 Å². The summed E-state index contributed by atoms with van der Waals surface area (Å²) >= 11 is 0. The lowest BCUT2D eigenvalue weighted by molar-refractivity contribution is -0.244. The molecule has 2 aliphatic carbocycles. The van der Waals surface area contributed by atoms with E-state index in [1.54, 1.807) is 50.2 Å². The van der Waals surface area contributed by atoms with E-state index in [0.717, 1.165) is 0 Å². The molecule has 3 heterocycles. The molecule has 0 spiro atoms. The van der Waals surface area contributed by atoms with Crippen LogP contribution in [0.1, 0.15) is 79.6 Å². The number of carbonyl (C=O) groups is 4. The van der Waals surface area contributed by atoms with Gasteiger partial charge in [0.25, 0.3) is 5.91 Å². The summed E-state index contributed by atoms with van der Waals surface area (Å²) in [7, 11) is 0.887. The Labute approximate surface area is 347 Å². The molecule has 330 valence electrons. The highest BCUT2D eigenvalue weighted by atomic mass is 32.2. The number of alkyl halides is 3. The molecule has 4 aliphatic rings. The van der Waals surface area contributed by atoms with Gasteiger partial charge in [0.05, 0.1) is 29.3 Å². The predicted molar refractivity (Wildman–Crippen MR) is 213 cm³/mol. The molecule has 2 aromatic rings. The summed E-state index contributed by atoms with van der Waals surface area (Å²) in [4.78, 5) is 68.6. The third-order valence-corrected chi connectivity index (χ3v) is 14.2. The number of halogens is 3. The van der Waals surface area contributed by atoms with Gasteiger partial charge in [-0.25, -0.2) is 18.2 Å². The lowest BCUT2D eigenvalue weighted by atomic mass is 9.88. The van der Waals surface area contributed by atoms with Crippen LogP contribution in [0.15, 0.2) is 30.4 Å². The van der Waals surface area contributed by atoms with Crippen LogP contribution >= 0.6 is 0 Å². The number of allylic oxidation sites excluding steroid dienone is 1. The number of alkyl carbamates (subject to hydrolysis) is 1. The number of nitrogens with zero attached hydrogens (tertiary/aromatic N) is 4. The molecule has 2 saturated carbocycles. The van der Waals surface area contributed by atoms with Crippen LogP contribution in [0.3, 0.4) is 0 Å². The quantitative estimate of drug-likeness (QED) is 0.302. The van der Waals surface area contributed by atoms with Crippen molar-refractivity contribution in [1.29, 1.82) is 0 Å². The number of sulfonamides is 1. The predicted octanol–water partition coefficient (Wildman–Crippen LogP) is 4.37. The number of carbonyl (C=O) groups excluding carboxylic acids is 4. The number of hydrogen-bond acceptors (Lipinski definition) is 12. The van der Waals surface area contributed by atoms with Crippen LogP contribution < -0.4 is 29.7 Å². The van der Waals surface area contributed by atoms with Crippen molar-refractivity contribution in [3.63, 3.8) is 0 Å². The van der Waals surface area contributed by atoms with E-state index in [4.69, 9.17) is 14.2 Å². The first-order chi connectivity index (χ1) is 27.9. The van der Waals surface area contributed by atoms with Gasteiger partial charge in [-0.15, -0.1) is 0 Å². The van der Waals surface area contributed by atoms with Crippen molar-refractivity contribution in [3.8, 4) is 11.6 Å². The first-order valence-corrected chi connectivity index (χ1v) is 21.5. The Bertz CT molecular complexity index is 2160. The summed E-state index contributed by atoms with van der Waals surface area (Å²) in [6, 6.07) is 2.28. The number of amides is 4. The van der Waals surface area contributed by atoms with Crippen LogP contribution in [0, 0.1) is 17.8 Å². The minimum absolute atomic E-state index is 0.0491. The van der Waals surface area contributed by atoms with E-state index in [0.29, 0.717) is 62.6 Å². The van der Waals surface area contributed by atoms with E-state index in [1.165, 1.54) is 18.9 Å². The topological polar surface area (TPSA) is 198 Å². The summed E-state index contributed by atoms with van der Waals surface area (Å²) < 4.78 is 85.6. The molecule has 6 rings (SSSR count). The third kappa shape index (κ3) is 9.07. The van der Waals surface area contributed by atoms with E-state index in [1.807, 2.05) is 13.0 Å². The first kappa shape index (κ1) is 44.7. The second kappa shape index (κ2) is 16.2. The van der Waals surface area contributed by atoms with Crippen LogP contribution in [0.5, 0.6) is 11.6 Å². The highest BCUT2D eigenvalue weighted by Crippen LogP contribution is 2.48. The molecule has 0 radical (unpaired) electrons. The van der Waals surface area contributed by atoms with Gasteiger partial charge in [-0.05, 0) is 83.3 Å². The number of ether oxygens (including phenoxy) is 3. The summed E-state index contributed by atoms with van der Waals surface area (Å²) in [5.74, 6) is -2.82. The van der Waals surface area contributed by atoms with Gasteiger partial charge in [-0.1, -0.05) is 26.0 Å². The Kier molecular flexibility index (Phi) is 12.1. The van der Waals surface area contributed by atoms with Gasteiger partial charge in [-0.3, -0.25) is 19.1 Å². The molecule has 0 unspecified atom stereocenters. The molecule has 0 bridgehead atoms. The number of nitrogens with one attached hydrogen (secondary N) is 3. The van der Waals surface area contributed by atoms with Crippen LogP contribution in [0.25, 0.3) is 10.9 Å². The molecule has 1 aromatic carbocycles. The maximum Gasteiger partial charge on any atom is 0.427 e. The van der Waals surface area contributed by atoms with Gasteiger partial charge in [0, 0.05) is 32.5 Å². The standard InChI is InChI=1S/C40H54F3N7O9S/c1-22-11-9-10-12-24-20-39(24,34(53)48-60(55,56)38(5)15-16-38)47-31(51)29-19-26(58-32-27-14-13-25(57-8)18-28(27)44-35(46-32)49(6)7)21-50(29)33(52)30(23(2)17-22)45-36(54)59-37(3,4)40(41,42)43/h10,12-14,18,22-24,26,29-30H,9,11,15-17,19-21H2,1-8H3,(H,45,54)(H,47,51)(H,48,53)/t22-,23+,24+,26+,29-,30-,39+/m0/s1. The molecule has 1 saturated heterocycles. The monoisotopic (exact) mass is 865 g/mol. The van der Waals surface area contributed by atoms with E-state index in [2.05, 4.69) is 25.3 Å². The van der Waals surface area contributed by atoms with E-state index in [9.17, 15) is 40.8 Å². The molecular formula is C40H54F3N7O9S. The number of methoxy groups -OCH3 is 1. The van der Waals surface area contributed by atoms with Crippen molar-refractivity contribution < 1.29 is 55.0 Å². The fourth-order valence-corrected chi connectivity index (χ4v) is 9.00. The van der Waals surface area contributed by atoms with Crippen LogP contribution in [0.4, 0.5) is 23.9 Å². The fraction of sp³-hybridized carbons (Fsp3) is 0.650.